The lowest BCUT2D eigenvalue weighted by molar-refractivity contribution is -0.161. The number of ether oxygens (including phenoxy) is 2. The Morgan fingerprint density at radius 2 is 0.981 bits per heavy atom. The van der Waals surface area contributed by atoms with Crippen LogP contribution in [-0.4, -0.2) is 65.7 Å². The first-order valence-corrected chi connectivity index (χ1v) is 22.4. The smallest absolute Gasteiger partial charge is 0.462 e. The largest absolute Gasteiger partial charge is 0.472 e. The van der Waals surface area contributed by atoms with Gasteiger partial charge in [-0.1, -0.05) is 134 Å². The van der Waals surface area contributed by atoms with Crippen molar-refractivity contribution in [3.63, 3.8) is 0 Å². The number of hydrogen-bond donors (Lipinski definition) is 3. The van der Waals surface area contributed by atoms with Crippen molar-refractivity contribution in [2.24, 2.45) is 0 Å². The van der Waals surface area contributed by atoms with Crippen molar-refractivity contribution in [2.75, 3.05) is 26.4 Å². The minimum Gasteiger partial charge on any atom is -0.462 e. The third kappa shape index (κ3) is 38.3. The number of rotatable bonds is 39. The number of aliphatic hydroxyl groups is 2. The van der Waals surface area contributed by atoms with Crippen molar-refractivity contribution < 1.29 is 47.8 Å². The molecule has 0 bridgehead atoms. The highest BCUT2D eigenvalue weighted by atomic mass is 31.2. The summed E-state index contributed by atoms with van der Waals surface area (Å²) in [6.07, 6.45) is 38.2. The highest BCUT2D eigenvalue weighted by molar-refractivity contribution is 7.47. The van der Waals surface area contributed by atoms with Gasteiger partial charge in [0, 0.05) is 12.8 Å². The fourth-order valence-corrected chi connectivity index (χ4v) is 6.28. The average molecular weight is 773 g/mol. The summed E-state index contributed by atoms with van der Waals surface area (Å²) < 4.78 is 32.6. The van der Waals surface area contributed by atoms with Crippen LogP contribution in [0.15, 0.2) is 36.5 Å². The Hall–Kier alpha value is -1.81. The molecule has 10 nitrogen and oxygen atoms in total. The molecular weight excluding hydrogens is 695 g/mol. The molecule has 0 saturated carbocycles. The third-order valence-corrected chi connectivity index (χ3v) is 9.72. The lowest BCUT2D eigenvalue weighted by atomic mass is 10.1. The summed E-state index contributed by atoms with van der Waals surface area (Å²) in [6.45, 7) is 2.32. The topological polar surface area (TPSA) is 149 Å². The number of unbranched alkanes of at least 4 members (excludes halogenated alkanes) is 19. The summed E-state index contributed by atoms with van der Waals surface area (Å²) in [6, 6.07) is 0. The van der Waals surface area contributed by atoms with Gasteiger partial charge in [-0.2, -0.15) is 0 Å². The molecule has 11 heteroatoms. The predicted molar refractivity (Wildman–Crippen MR) is 214 cm³/mol. The summed E-state index contributed by atoms with van der Waals surface area (Å²) >= 11 is 0. The second kappa shape index (κ2) is 38.5. The number of aliphatic hydroxyl groups excluding tert-OH is 2. The van der Waals surface area contributed by atoms with E-state index in [0.717, 1.165) is 83.5 Å². The molecule has 0 aromatic carbocycles. The molecule has 0 saturated heterocycles. The standard InChI is InChI=1S/C42H77O10P/c1-3-5-7-9-11-13-15-17-19-21-23-25-27-29-31-33-41(45)49-37-40(38-51-53(47,48)50-36-39(44)35-43)52-42(46)34-32-30-28-26-24-22-20-18-16-14-12-10-8-6-4-2/h11,13,17-20,39-40,43-44H,3-10,12,14-16,21-38H2,1-2H3,(H,47,48). The zero-order valence-corrected chi connectivity index (χ0v) is 34.4. The van der Waals surface area contributed by atoms with Crippen LogP contribution in [0.25, 0.3) is 0 Å². The fourth-order valence-electron chi connectivity index (χ4n) is 5.49. The van der Waals surface area contributed by atoms with Crippen LogP contribution in [0.3, 0.4) is 0 Å². The Bertz CT molecular complexity index is 983. The molecule has 0 aliphatic rings. The van der Waals surface area contributed by atoms with Gasteiger partial charge in [0.15, 0.2) is 6.10 Å². The minimum atomic E-state index is -4.62. The molecule has 0 aromatic rings. The van der Waals surface area contributed by atoms with E-state index in [1.807, 2.05) is 0 Å². The van der Waals surface area contributed by atoms with Crippen LogP contribution in [0, 0.1) is 0 Å². The Labute approximate surface area is 322 Å². The maximum atomic E-state index is 12.6. The van der Waals surface area contributed by atoms with E-state index < -0.39 is 51.8 Å². The van der Waals surface area contributed by atoms with E-state index in [-0.39, 0.29) is 19.4 Å². The number of carbonyl (C=O) groups is 2. The molecule has 3 unspecified atom stereocenters. The monoisotopic (exact) mass is 773 g/mol. The van der Waals surface area contributed by atoms with Crippen molar-refractivity contribution in [1.29, 1.82) is 0 Å². The average Bonchev–Trinajstić information content (AvgIpc) is 3.14. The molecule has 53 heavy (non-hydrogen) atoms. The lowest BCUT2D eigenvalue weighted by Crippen LogP contribution is -2.29. The molecule has 0 aliphatic heterocycles. The van der Waals surface area contributed by atoms with Crippen LogP contribution in [-0.2, 0) is 32.7 Å². The maximum Gasteiger partial charge on any atom is 0.472 e. The van der Waals surface area contributed by atoms with Crippen molar-refractivity contribution in [3.05, 3.63) is 36.5 Å². The van der Waals surface area contributed by atoms with E-state index in [2.05, 4.69) is 54.8 Å². The molecule has 0 amide bonds. The summed E-state index contributed by atoms with van der Waals surface area (Å²) in [5.74, 6) is -0.950. The van der Waals surface area contributed by atoms with Gasteiger partial charge >= 0.3 is 19.8 Å². The lowest BCUT2D eigenvalue weighted by Gasteiger charge is -2.20. The van der Waals surface area contributed by atoms with Gasteiger partial charge in [0.2, 0.25) is 0 Å². The van der Waals surface area contributed by atoms with Crippen molar-refractivity contribution >= 4 is 19.8 Å². The number of allylic oxidation sites excluding steroid dienone is 6. The van der Waals surface area contributed by atoms with Gasteiger partial charge in [-0.3, -0.25) is 18.6 Å². The zero-order valence-electron chi connectivity index (χ0n) is 33.5. The minimum absolute atomic E-state index is 0.171. The second-order valence-corrected chi connectivity index (χ2v) is 15.5. The molecule has 3 atom stereocenters. The van der Waals surface area contributed by atoms with E-state index in [1.54, 1.807) is 0 Å². The third-order valence-electron chi connectivity index (χ3n) is 8.77. The highest BCUT2D eigenvalue weighted by Gasteiger charge is 2.27. The summed E-state index contributed by atoms with van der Waals surface area (Å²) in [5.41, 5.74) is 0. The quantitative estimate of drug-likeness (QED) is 0.0238. The highest BCUT2D eigenvalue weighted by Crippen LogP contribution is 2.43. The van der Waals surface area contributed by atoms with Gasteiger partial charge in [0.25, 0.3) is 0 Å². The van der Waals surface area contributed by atoms with E-state index in [0.29, 0.717) is 12.8 Å². The normalized spacial score (nSPS) is 14.3. The summed E-state index contributed by atoms with van der Waals surface area (Å²) in [7, 11) is -4.62. The summed E-state index contributed by atoms with van der Waals surface area (Å²) in [4.78, 5) is 34.9. The Morgan fingerprint density at radius 3 is 1.51 bits per heavy atom. The van der Waals surface area contributed by atoms with Crippen LogP contribution >= 0.6 is 7.82 Å². The van der Waals surface area contributed by atoms with Gasteiger partial charge in [0.05, 0.1) is 19.8 Å². The van der Waals surface area contributed by atoms with Gasteiger partial charge in [-0.15, -0.1) is 0 Å². The molecule has 0 spiro atoms. The molecule has 0 heterocycles. The van der Waals surface area contributed by atoms with Crippen LogP contribution in [0.2, 0.25) is 0 Å². The van der Waals surface area contributed by atoms with Crippen molar-refractivity contribution in [1.82, 2.24) is 0 Å². The van der Waals surface area contributed by atoms with Crippen LogP contribution in [0.1, 0.15) is 181 Å². The summed E-state index contributed by atoms with van der Waals surface area (Å²) in [5, 5.41) is 18.3. The van der Waals surface area contributed by atoms with Crippen LogP contribution in [0.4, 0.5) is 0 Å². The number of phosphoric acid groups is 1. The molecule has 310 valence electrons. The Morgan fingerprint density at radius 1 is 0.566 bits per heavy atom. The first-order valence-electron chi connectivity index (χ1n) is 20.9. The molecule has 0 radical (unpaired) electrons. The Balaban J connectivity index is 4.36. The molecule has 0 aliphatic carbocycles. The van der Waals surface area contributed by atoms with Gasteiger partial charge in [0.1, 0.15) is 12.7 Å². The van der Waals surface area contributed by atoms with Gasteiger partial charge in [-0.05, 0) is 70.6 Å². The van der Waals surface area contributed by atoms with E-state index >= 15 is 0 Å². The van der Waals surface area contributed by atoms with Crippen LogP contribution in [0.5, 0.6) is 0 Å². The van der Waals surface area contributed by atoms with Gasteiger partial charge in [-0.25, -0.2) is 4.57 Å². The fraction of sp³-hybridized carbons (Fsp3) is 0.810. The SMILES string of the molecule is CCCCCC=CCC=CCCCCCCCC(=O)OCC(COP(=O)(O)OCC(O)CO)OC(=O)CCCCCCCC=CCCCCCCCC. The molecule has 0 rings (SSSR count). The van der Waals surface area contributed by atoms with Crippen LogP contribution < -0.4 is 0 Å². The molecular formula is C42H77O10P. The first-order chi connectivity index (χ1) is 25.7. The van der Waals surface area contributed by atoms with E-state index in [9.17, 15) is 24.2 Å². The van der Waals surface area contributed by atoms with Gasteiger partial charge < -0.3 is 24.6 Å². The van der Waals surface area contributed by atoms with Crippen molar-refractivity contribution in [2.45, 2.75) is 193 Å². The number of hydrogen-bond acceptors (Lipinski definition) is 9. The number of carbonyl (C=O) groups excluding carboxylic acids is 2. The van der Waals surface area contributed by atoms with Crippen molar-refractivity contribution in [3.8, 4) is 0 Å². The van der Waals surface area contributed by atoms with E-state index in [1.165, 1.54) is 57.8 Å². The predicted octanol–water partition coefficient (Wildman–Crippen LogP) is 10.8. The Kier molecular flexibility index (Phi) is 37.2. The first kappa shape index (κ1) is 51.2. The van der Waals surface area contributed by atoms with E-state index in [4.69, 9.17) is 19.1 Å². The molecule has 0 aromatic heterocycles. The molecule has 3 N–H and O–H groups in total. The second-order valence-electron chi connectivity index (χ2n) is 14.0. The maximum absolute atomic E-state index is 12.6. The zero-order chi connectivity index (χ0) is 39.1. The number of esters is 2. The number of phosphoric ester groups is 1. The molecule has 0 fully saturated rings.